The second kappa shape index (κ2) is 11.8. The summed E-state index contributed by atoms with van der Waals surface area (Å²) in [6.45, 7) is 4.34. The van der Waals surface area contributed by atoms with Gasteiger partial charge in [0.05, 0.1) is 19.6 Å². The minimum absolute atomic E-state index is 0.0139. The summed E-state index contributed by atoms with van der Waals surface area (Å²) in [5.41, 5.74) is 1.55. The first-order chi connectivity index (χ1) is 16.9. The lowest BCUT2D eigenvalue weighted by Crippen LogP contribution is -2.43. The number of Topliss-reactive ketones (excluding diaryl/α,β-unsaturated/α-hetero) is 1. The Balaban J connectivity index is 1.55. The molecule has 2 heterocycles. The van der Waals surface area contributed by atoms with Crippen LogP contribution in [0.1, 0.15) is 57.1 Å². The van der Waals surface area contributed by atoms with Crippen molar-refractivity contribution in [2.75, 3.05) is 33.3 Å². The van der Waals surface area contributed by atoms with E-state index in [2.05, 4.69) is 15.9 Å². The van der Waals surface area contributed by atoms with Crippen LogP contribution in [0.25, 0.3) is 0 Å². The summed E-state index contributed by atoms with van der Waals surface area (Å²) in [6, 6.07) is 6.14. The first kappa shape index (κ1) is 26.0. The van der Waals surface area contributed by atoms with Crippen LogP contribution in [0.4, 0.5) is 4.39 Å². The van der Waals surface area contributed by atoms with Gasteiger partial charge in [0.15, 0.2) is 10.9 Å². The second-order valence-corrected chi connectivity index (χ2v) is 11.2. The number of likely N-dealkylation sites (tertiary alicyclic amines) is 2. The van der Waals surface area contributed by atoms with E-state index in [0.717, 1.165) is 44.2 Å². The summed E-state index contributed by atoms with van der Waals surface area (Å²) in [6.07, 6.45) is 7.02. The molecule has 35 heavy (non-hydrogen) atoms. The van der Waals surface area contributed by atoms with Crippen LogP contribution in [0.5, 0.6) is 0 Å². The highest BCUT2D eigenvalue weighted by Gasteiger charge is 2.41. The number of thioether (sulfide) groups is 1. The molecule has 0 aromatic heterocycles. The van der Waals surface area contributed by atoms with E-state index in [-0.39, 0.29) is 39.9 Å². The van der Waals surface area contributed by atoms with Crippen molar-refractivity contribution in [2.45, 2.75) is 62.8 Å². The maximum absolute atomic E-state index is 14.8. The number of esters is 1. The quantitative estimate of drug-likeness (QED) is 0.371. The monoisotopic (exact) mass is 502 g/mol. The summed E-state index contributed by atoms with van der Waals surface area (Å²) < 4.78 is 19.7. The highest BCUT2D eigenvalue weighted by atomic mass is 32.2. The number of benzene rings is 1. The molecule has 0 radical (unpaired) electrons. The van der Waals surface area contributed by atoms with Crippen LogP contribution < -0.4 is 0 Å². The minimum atomic E-state index is -0.603. The van der Waals surface area contributed by atoms with Gasteiger partial charge in [-0.2, -0.15) is 0 Å². The number of piperidine rings is 1. The zero-order valence-electron chi connectivity index (χ0n) is 20.6. The first-order valence-corrected chi connectivity index (χ1v) is 13.4. The summed E-state index contributed by atoms with van der Waals surface area (Å²) in [5, 5.41) is 0.113. The fourth-order valence-electron chi connectivity index (χ4n) is 5.33. The van der Waals surface area contributed by atoms with Gasteiger partial charge in [-0.3, -0.25) is 24.2 Å². The van der Waals surface area contributed by atoms with Gasteiger partial charge in [-0.05, 0) is 50.3 Å². The van der Waals surface area contributed by atoms with E-state index in [0.29, 0.717) is 31.6 Å². The summed E-state index contributed by atoms with van der Waals surface area (Å²) in [5.74, 6) is -0.431. The van der Waals surface area contributed by atoms with Gasteiger partial charge in [0.2, 0.25) is 0 Å². The minimum Gasteiger partial charge on any atom is -0.469 e. The lowest BCUT2D eigenvalue weighted by Gasteiger charge is -2.39. The van der Waals surface area contributed by atoms with Gasteiger partial charge in [0, 0.05) is 49.3 Å². The van der Waals surface area contributed by atoms with Gasteiger partial charge in [-0.15, -0.1) is 0 Å². The number of carbonyl (C=O) groups is 3. The van der Waals surface area contributed by atoms with Crippen molar-refractivity contribution >= 4 is 28.6 Å². The van der Waals surface area contributed by atoms with Crippen molar-refractivity contribution in [3.63, 3.8) is 0 Å². The molecular formula is C27H35FN2O4S. The average Bonchev–Trinajstić information content (AvgIpc) is 3.60. The van der Waals surface area contributed by atoms with Crippen LogP contribution in [0.15, 0.2) is 35.9 Å². The second-order valence-electron chi connectivity index (χ2n) is 9.81. The number of rotatable bonds is 9. The normalized spacial score (nSPS) is 25.5. The van der Waals surface area contributed by atoms with Gasteiger partial charge < -0.3 is 4.74 Å². The fraction of sp³-hybridized carbons (Fsp3) is 0.593. The van der Waals surface area contributed by atoms with E-state index in [1.54, 1.807) is 25.1 Å². The Morgan fingerprint density at radius 1 is 1.17 bits per heavy atom. The molecule has 2 saturated heterocycles. The number of carbonyl (C=O) groups excluding carboxylic acids is 3. The molecule has 3 fully saturated rings. The summed E-state index contributed by atoms with van der Waals surface area (Å²) in [4.78, 5) is 41.5. The lowest BCUT2D eigenvalue weighted by molar-refractivity contribution is -0.141. The van der Waals surface area contributed by atoms with E-state index < -0.39 is 6.04 Å². The average molecular weight is 503 g/mol. The molecule has 3 aliphatic rings. The standard InChI is InChI=1S/C27H35FN2O4S/c1-18(31)35-24-12-15-30(26(27(33)19-9-10-19)22-7-3-4-8-23(22)28)17-20(24)11-14-29-13-5-6-21(29)16-25(32)34-2/h3-4,7-8,11,19,21,24,26H,5-6,9-10,12-17H2,1-2H3/t21-,24?,26?/m0/s1. The van der Waals surface area contributed by atoms with E-state index in [9.17, 15) is 18.8 Å². The Labute approximate surface area is 211 Å². The number of ether oxygens (including phenoxy) is 1. The van der Waals surface area contributed by atoms with Crippen molar-refractivity contribution in [3.05, 3.63) is 47.3 Å². The molecule has 0 amide bonds. The SMILES string of the molecule is COC(=O)C[C@@H]1CCCN1CC=C1CN(C(C(=O)C2CC2)c2ccccc2F)CCC1SC(C)=O. The Morgan fingerprint density at radius 2 is 1.94 bits per heavy atom. The molecule has 1 aromatic rings. The number of ketones is 1. The predicted molar refractivity (Wildman–Crippen MR) is 134 cm³/mol. The van der Waals surface area contributed by atoms with Crippen molar-refractivity contribution < 1.29 is 23.5 Å². The molecule has 8 heteroatoms. The molecule has 0 N–H and O–H groups in total. The third-order valence-corrected chi connectivity index (χ3v) is 8.47. The Kier molecular flexibility index (Phi) is 8.78. The van der Waals surface area contributed by atoms with Crippen molar-refractivity contribution in [1.29, 1.82) is 0 Å². The maximum atomic E-state index is 14.8. The van der Waals surface area contributed by atoms with Crippen molar-refractivity contribution in [3.8, 4) is 0 Å². The largest absolute Gasteiger partial charge is 0.469 e. The zero-order chi connectivity index (χ0) is 24.9. The van der Waals surface area contributed by atoms with E-state index in [4.69, 9.17) is 4.74 Å². The number of methoxy groups -OCH3 is 1. The summed E-state index contributed by atoms with van der Waals surface area (Å²) in [7, 11) is 1.42. The van der Waals surface area contributed by atoms with Crippen LogP contribution in [0.3, 0.4) is 0 Å². The molecule has 190 valence electrons. The van der Waals surface area contributed by atoms with Crippen LogP contribution in [0, 0.1) is 11.7 Å². The Morgan fingerprint density at radius 3 is 2.63 bits per heavy atom. The molecule has 0 bridgehead atoms. The van der Waals surface area contributed by atoms with Crippen molar-refractivity contribution in [2.24, 2.45) is 5.92 Å². The zero-order valence-corrected chi connectivity index (χ0v) is 21.4. The molecule has 4 rings (SSSR count). The van der Waals surface area contributed by atoms with Crippen LogP contribution in [-0.2, 0) is 19.1 Å². The number of hydrogen-bond donors (Lipinski definition) is 0. The smallest absolute Gasteiger partial charge is 0.307 e. The van der Waals surface area contributed by atoms with Crippen LogP contribution in [-0.4, -0.2) is 71.2 Å². The predicted octanol–water partition coefficient (Wildman–Crippen LogP) is 4.15. The fourth-order valence-corrected chi connectivity index (χ4v) is 6.28. The van der Waals surface area contributed by atoms with E-state index >= 15 is 0 Å². The third kappa shape index (κ3) is 6.60. The van der Waals surface area contributed by atoms with E-state index in [1.165, 1.54) is 24.9 Å². The third-order valence-electron chi connectivity index (χ3n) is 7.32. The Bertz CT molecular complexity index is 980. The van der Waals surface area contributed by atoms with Crippen molar-refractivity contribution in [1.82, 2.24) is 9.80 Å². The molecule has 0 spiro atoms. The topological polar surface area (TPSA) is 66.9 Å². The highest BCUT2D eigenvalue weighted by Crippen LogP contribution is 2.40. The molecule has 2 unspecified atom stereocenters. The lowest BCUT2D eigenvalue weighted by atomic mass is 9.93. The van der Waals surface area contributed by atoms with E-state index in [1.807, 2.05) is 0 Å². The summed E-state index contributed by atoms with van der Waals surface area (Å²) >= 11 is 1.34. The molecule has 1 saturated carbocycles. The van der Waals surface area contributed by atoms with Crippen LogP contribution in [0.2, 0.25) is 0 Å². The van der Waals surface area contributed by atoms with Gasteiger partial charge in [-0.1, -0.05) is 36.0 Å². The molecule has 2 aliphatic heterocycles. The van der Waals surface area contributed by atoms with Gasteiger partial charge in [-0.25, -0.2) is 4.39 Å². The molecule has 3 atom stereocenters. The van der Waals surface area contributed by atoms with Crippen LogP contribution >= 0.6 is 11.8 Å². The Hall–Kier alpha value is -2.03. The maximum Gasteiger partial charge on any atom is 0.307 e. The number of hydrogen-bond acceptors (Lipinski definition) is 7. The number of halogens is 1. The van der Waals surface area contributed by atoms with Gasteiger partial charge in [0.25, 0.3) is 0 Å². The molecular weight excluding hydrogens is 467 g/mol. The molecule has 1 aromatic carbocycles. The number of nitrogens with zero attached hydrogens (tertiary/aromatic N) is 2. The van der Waals surface area contributed by atoms with Gasteiger partial charge >= 0.3 is 5.97 Å². The molecule has 1 aliphatic carbocycles. The molecule has 6 nitrogen and oxygen atoms in total. The first-order valence-electron chi connectivity index (χ1n) is 12.6. The highest BCUT2D eigenvalue weighted by molar-refractivity contribution is 8.14. The van der Waals surface area contributed by atoms with Gasteiger partial charge in [0.1, 0.15) is 5.82 Å².